The van der Waals surface area contributed by atoms with Crippen LogP contribution in [0.3, 0.4) is 0 Å². The summed E-state index contributed by atoms with van der Waals surface area (Å²) in [5, 5.41) is 26.8. The fourth-order valence-corrected chi connectivity index (χ4v) is 4.45. The summed E-state index contributed by atoms with van der Waals surface area (Å²) in [6.07, 6.45) is 0. The molecule has 0 radical (unpaired) electrons. The zero-order valence-electron chi connectivity index (χ0n) is 15.1. The third kappa shape index (κ3) is 5.30. The normalized spacial score (nSPS) is 10.6. The van der Waals surface area contributed by atoms with Gasteiger partial charge in [0.05, 0.1) is 37.6 Å². The first-order valence-corrected chi connectivity index (χ1v) is 11.2. The number of rotatable bonds is 6. The molecule has 0 unspecified atom stereocenters. The van der Waals surface area contributed by atoms with E-state index in [1.54, 1.807) is 30.3 Å². The summed E-state index contributed by atoms with van der Waals surface area (Å²) in [6, 6.07) is 10.4. The standard InChI is InChI=1S/C19H10Cl2FI2N3O4/c20-11-5-8(23)1-3-13(11)25-17-10(19(28)29)7-15(27(30)31)18(16(17)22)26-14-4-2-9(24)6-12(14)21/h1-7,25-26H,(H,28,29). The van der Waals surface area contributed by atoms with Gasteiger partial charge < -0.3 is 15.7 Å². The molecular formula is C19H10Cl2FI2N3O4. The van der Waals surface area contributed by atoms with Crippen molar-refractivity contribution in [1.82, 2.24) is 0 Å². The highest BCUT2D eigenvalue weighted by Crippen LogP contribution is 2.41. The van der Waals surface area contributed by atoms with Crippen LogP contribution in [0.4, 0.5) is 32.8 Å². The minimum absolute atomic E-state index is 0.207. The maximum Gasteiger partial charge on any atom is 0.338 e. The average molecular weight is 688 g/mol. The van der Waals surface area contributed by atoms with E-state index in [-0.39, 0.29) is 21.4 Å². The molecule has 0 aliphatic heterocycles. The predicted molar refractivity (Wildman–Crippen MR) is 135 cm³/mol. The first kappa shape index (κ1) is 23.8. The molecule has 3 N–H and O–H groups in total. The Labute approximate surface area is 212 Å². The molecule has 0 saturated carbocycles. The zero-order valence-corrected chi connectivity index (χ0v) is 20.9. The van der Waals surface area contributed by atoms with E-state index < -0.39 is 39.3 Å². The number of nitro groups is 1. The summed E-state index contributed by atoms with van der Waals surface area (Å²) in [4.78, 5) is 22.4. The molecule has 12 heteroatoms. The van der Waals surface area contributed by atoms with Gasteiger partial charge in [-0.3, -0.25) is 10.1 Å². The van der Waals surface area contributed by atoms with Gasteiger partial charge in [-0.15, -0.1) is 0 Å². The average Bonchev–Trinajstić information content (AvgIpc) is 2.68. The van der Waals surface area contributed by atoms with Crippen molar-refractivity contribution in [3.05, 3.63) is 81.1 Å². The smallest absolute Gasteiger partial charge is 0.338 e. The minimum atomic E-state index is -1.55. The molecule has 0 aliphatic carbocycles. The van der Waals surface area contributed by atoms with Crippen LogP contribution in [0.1, 0.15) is 10.4 Å². The number of carboxylic acids is 1. The lowest BCUT2D eigenvalue weighted by Crippen LogP contribution is -2.10. The number of hydrogen-bond donors (Lipinski definition) is 3. The molecule has 3 aromatic rings. The van der Waals surface area contributed by atoms with Crippen molar-refractivity contribution in [2.75, 3.05) is 10.6 Å². The molecule has 0 amide bonds. The summed E-state index contributed by atoms with van der Waals surface area (Å²) >= 11 is 16.4. The Kier molecular flexibility index (Phi) is 7.44. The second-order valence-electron chi connectivity index (χ2n) is 6.07. The minimum Gasteiger partial charge on any atom is -0.478 e. The molecular weight excluding hydrogens is 678 g/mol. The summed E-state index contributed by atoms with van der Waals surface area (Å²) in [7, 11) is 0. The third-order valence-corrected chi connectivity index (χ3v) is 6.02. The molecule has 0 heterocycles. The molecule has 0 atom stereocenters. The summed E-state index contributed by atoms with van der Waals surface area (Å²) in [5.41, 5.74) is -1.96. The van der Waals surface area contributed by atoms with Crippen molar-refractivity contribution in [3.8, 4) is 0 Å². The second kappa shape index (κ2) is 9.71. The van der Waals surface area contributed by atoms with Gasteiger partial charge in [-0.2, -0.15) is 0 Å². The molecule has 0 saturated heterocycles. The molecule has 0 fully saturated rings. The number of benzene rings is 3. The number of anilines is 4. The number of nitrogens with one attached hydrogen (secondary N) is 2. The Hall–Kier alpha value is -1.90. The maximum atomic E-state index is 15.5. The lowest BCUT2D eigenvalue weighted by atomic mass is 10.1. The van der Waals surface area contributed by atoms with E-state index in [2.05, 4.69) is 10.6 Å². The first-order valence-electron chi connectivity index (χ1n) is 8.26. The van der Waals surface area contributed by atoms with E-state index in [9.17, 15) is 20.0 Å². The molecule has 0 aromatic heterocycles. The largest absolute Gasteiger partial charge is 0.478 e. The molecule has 3 aromatic carbocycles. The number of nitrogens with zero attached hydrogens (tertiary/aromatic N) is 1. The van der Waals surface area contributed by atoms with Crippen LogP contribution in [-0.4, -0.2) is 16.0 Å². The van der Waals surface area contributed by atoms with Crippen LogP contribution in [0.15, 0.2) is 42.5 Å². The van der Waals surface area contributed by atoms with Crippen molar-refractivity contribution < 1.29 is 19.2 Å². The van der Waals surface area contributed by atoms with Crippen molar-refractivity contribution in [2.45, 2.75) is 0 Å². The van der Waals surface area contributed by atoms with Gasteiger partial charge in [-0.05, 0) is 81.6 Å². The Morgan fingerprint density at radius 2 is 1.45 bits per heavy atom. The van der Waals surface area contributed by atoms with Crippen LogP contribution in [0.2, 0.25) is 10.0 Å². The van der Waals surface area contributed by atoms with E-state index in [0.717, 1.165) is 13.2 Å². The molecule has 160 valence electrons. The van der Waals surface area contributed by atoms with Gasteiger partial charge >= 0.3 is 5.97 Å². The van der Waals surface area contributed by atoms with Gasteiger partial charge in [-0.25, -0.2) is 9.18 Å². The summed E-state index contributed by atoms with van der Waals surface area (Å²) < 4.78 is 17.1. The second-order valence-corrected chi connectivity index (χ2v) is 9.37. The fourth-order valence-electron chi connectivity index (χ4n) is 2.64. The van der Waals surface area contributed by atoms with Crippen LogP contribution in [0.5, 0.6) is 0 Å². The van der Waals surface area contributed by atoms with Crippen LogP contribution in [0.25, 0.3) is 0 Å². The molecule has 0 spiro atoms. The van der Waals surface area contributed by atoms with E-state index in [0.29, 0.717) is 0 Å². The Morgan fingerprint density at radius 1 is 0.968 bits per heavy atom. The third-order valence-electron chi connectivity index (χ3n) is 4.05. The van der Waals surface area contributed by atoms with Crippen molar-refractivity contribution in [1.29, 1.82) is 0 Å². The summed E-state index contributed by atoms with van der Waals surface area (Å²) in [6.45, 7) is 0. The van der Waals surface area contributed by atoms with Crippen molar-refractivity contribution in [2.24, 2.45) is 0 Å². The van der Waals surface area contributed by atoms with Crippen molar-refractivity contribution >= 4 is 103 Å². The van der Waals surface area contributed by atoms with E-state index >= 15 is 4.39 Å². The molecule has 7 nitrogen and oxygen atoms in total. The quantitative estimate of drug-likeness (QED) is 0.141. The lowest BCUT2D eigenvalue weighted by Gasteiger charge is -2.17. The Balaban J connectivity index is 2.20. The number of aromatic carboxylic acids is 1. The SMILES string of the molecule is O=C(O)c1cc([N+](=O)[O-])c(Nc2ccc(I)cc2Cl)c(F)c1Nc1ccc(I)cc1Cl. The van der Waals surface area contributed by atoms with Crippen molar-refractivity contribution in [3.63, 3.8) is 0 Å². The highest BCUT2D eigenvalue weighted by atomic mass is 127. The van der Waals surface area contributed by atoms with Crippen LogP contribution < -0.4 is 10.6 Å². The number of carbonyl (C=O) groups is 1. The van der Waals surface area contributed by atoms with Gasteiger partial charge in [-0.1, -0.05) is 23.2 Å². The molecule has 0 bridgehead atoms. The van der Waals surface area contributed by atoms with Gasteiger partial charge in [0.25, 0.3) is 5.69 Å². The number of halogens is 5. The zero-order chi connectivity index (χ0) is 22.9. The first-order chi connectivity index (χ1) is 14.6. The monoisotopic (exact) mass is 687 g/mol. The van der Waals surface area contributed by atoms with E-state index in [1.807, 2.05) is 45.2 Å². The van der Waals surface area contributed by atoms with Gasteiger partial charge in [0.1, 0.15) is 0 Å². The fraction of sp³-hybridized carbons (Fsp3) is 0. The maximum absolute atomic E-state index is 15.5. The highest BCUT2D eigenvalue weighted by molar-refractivity contribution is 14.1. The van der Waals surface area contributed by atoms with Crippen LogP contribution in [-0.2, 0) is 0 Å². The van der Waals surface area contributed by atoms with E-state index in [1.165, 1.54) is 6.07 Å². The Bertz CT molecular complexity index is 1140. The topological polar surface area (TPSA) is 104 Å². The highest BCUT2D eigenvalue weighted by Gasteiger charge is 2.29. The van der Waals surface area contributed by atoms with E-state index in [4.69, 9.17) is 23.2 Å². The van der Waals surface area contributed by atoms with Gasteiger partial charge in [0.15, 0.2) is 11.5 Å². The van der Waals surface area contributed by atoms with Crippen LogP contribution in [0, 0.1) is 23.1 Å². The molecule has 31 heavy (non-hydrogen) atoms. The Morgan fingerprint density at radius 3 is 1.87 bits per heavy atom. The molecule has 3 rings (SSSR count). The van der Waals surface area contributed by atoms with Crippen LogP contribution >= 0.6 is 68.4 Å². The lowest BCUT2D eigenvalue weighted by molar-refractivity contribution is -0.384. The predicted octanol–water partition coefficient (Wildman–Crippen LogP) is 7.44. The number of nitro benzene ring substituents is 1. The molecule has 0 aliphatic rings. The number of hydrogen-bond acceptors (Lipinski definition) is 5. The number of carboxylic acid groups (broad SMARTS) is 1. The summed E-state index contributed by atoms with van der Waals surface area (Å²) in [5.74, 6) is -2.72. The van der Waals surface area contributed by atoms with Gasteiger partial charge in [0, 0.05) is 13.2 Å². The van der Waals surface area contributed by atoms with Gasteiger partial charge in [0.2, 0.25) is 0 Å².